The highest BCUT2D eigenvalue weighted by Crippen LogP contribution is 2.46. The average molecular weight is 365 g/mol. The van der Waals surface area contributed by atoms with Crippen molar-refractivity contribution >= 4 is 35.1 Å². The molecule has 2 aromatic carbocycles. The fourth-order valence-electron chi connectivity index (χ4n) is 2.87. The number of rotatable bonds is 5. The number of nitrogens with one attached hydrogen (secondary N) is 1. The molecular formula is C19H23ClNS2+. The van der Waals surface area contributed by atoms with E-state index in [2.05, 4.69) is 62.3 Å². The molecule has 0 aliphatic carbocycles. The van der Waals surface area contributed by atoms with Crippen LogP contribution in [0.2, 0.25) is 5.02 Å². The fraction of sp³-hybridized carbons (Fsp3) is 0.368. The van der Waals surface area contributed by atoms with Gasteiger partial charge in [0.2, 0.25) is 0 Å². The van der Waals surface area contributed by atoms with Crippen molar-refractivity contribution in [3.8, 4) is 0 Å². The first kappa shape index (κ1) is 17.2. The van der Waals surface area contributed by atoms with Crippen LogP contribution in [0.5, 0.6) is 0 Å². The normalized spacial score (nSPS) is 16.8. The molecule has 0 amide bonds. The Balaban J connectivity index is 1.82. The summed E-state index contributed by atoms with van der Waals surface area (Å²) in [7, 11) is 4.45. The van der Waals surface area contributed by atoms with E-state index >= 15 is 0 Å². The van der Waals surface area contributed by atoms with Crippen LogP contribution in [-0.2, 0) is 6.42 Å². The van der Waals surface area contributed by atoms with Gasteiger partial charge in [-0.3, -0.25) is 0 Å². The van der Waals surface area contributed by atoms with Gasteiger partial charge in [0.25, 0.3) is 0 Å². The Morgan fingerprint density at radius 3 is 2.83 bits per heavy atom. The third-order valence-electron chi connectivity index (χ3n) is 4.05. The van der Waals surface area contributed by atoms with E-state index in [0.29, 0.717) is 5.25 Å². The molecule has 0 saturated carbocycles. The predicted octanol–water partition coefficient (Wildman–Crippen LogP) is 4.36. The molecule has 1 atom stereocenters. The molecule has 1 aliphatic heterocycles. The summed E-state index contributed by atoms with van der Waals surface area (Å²) < 4.78 is 0. The first-order valence-electron chi connectivity index (χ1n) is 8.09. The molecule has 0 bridgehead atoms. The molecule has 1 heterocycles. The Hall–Kier alpha value is -0.610. The van der Waals surface area contributed by atoms with Gasteiger partial charge in [0.15, 0.2) is 0 Å². The molecule has 2 aromatic rings. The summed E-state index contributed by atoms with van der Waals surface area (Å²) in [6.07, 6.45) is 2.33. The number of hydrogen-bond acceptors (Lipinski definition) is 2. The van der Waals surface area contributed by atoms with Crippen LogP contribution in [-0.4, -0.2) is 26.4 Å². The lowest BCUT2D eigenvalue weighted by atomic mass is 10.0. The van der Waals surface area contributed by atoms with Crippen molar-refractivity contribution in [2.45, 2.75) is 27.9 Å². The lowest BCUT2D eigenvalue weighted by Gasteiger charge is -2.17. The number of thioether (sulfide) groups is 1. The summed E-state index contributed by atoms with van der Waals surface area (Å²) >= 11 is 10.2. The largest absolute Gasteiger partial charge is 0.340 e. The van der Waals surface area contributed by atoms with Gasteiger partial charge in [-0.2, -0.15) is 11.8 Å². The van der Waals surface area contributed by atoms with E-state index in [1.165, 1.54) is 44.5 Å². The molecule has 0 spiro atoms. The van der Waals surface area contributed by atoms with E-state index in [1.807, 2.05) is 17.8 Å². The highest BCUT2D eigenvalue weighted by atomic mass is 35.5. The molecular weight excluding hydrogens is 342 g/mol. The monoisotopic (exact) mass is 364 g/mol. The molecule has 1 N–H and O–H groups in total. The number of quaternary nitrogens is 1. The molecule has 1 aliphatic rings. The maximum Gasteiger partial charge on any atom is 0.0774 e. The number of hydrogen-bond donors (Lipinski definition) is 1. The third-order valence-corrected chi connectivity index (χ3v) is 6.85. The molecule has 122 valence electrons. The van der Waals surface area contributed by atoms with Gasteiger partial charge in [0, 0.05) is 26.5 Å². The average Bonchev–Trinajstić information content (AvgIpc) is 2.68. The first-order chi connectivity index (χ1) is 11.1. The molecule has 0 unspecified atom stereocenters. The van der Waals surface area contributed by atoms with E-state index < -0.39 is 0 Å². The number of fused-ring (bicyclic) bond motifs is 2. The van der Waals surface area contributed by atoms with E-state index in [-0.39, 0.29) is 0 Å². The minimum Gasteiger partial charge on any atom is -0.340 e. The Morgan fingerprint density at radius 2 is 2.00 bits per heavy atom. The van der Waals surface area contributed by atoms with E-state index in [9.17, 15) is 0 Å². The number of benzene rings is 2. The van der Waals surface area contributed by atoms with Crippen molar-refractivity contribution < 1.29 is 4.90 Å². The van der Waals surface area contributed by atoms with E-state index in [1.54, 1.807) is 0 Å². The highest BCUT2D eigenvalue weighted by Gasteiger charge is 2.23. The van der Waals surface area contributed by atoms with Crippen molar-refractivity contribution in [2.24, 2.45) is 0 Å². The van der Waals surface area contributed by atoms with Gasteiger partial charge in [-0.25, -0.2) is 0 Å². The highest BCUT2D eigenvalue weighted by molar-refractivity contribution is 8.00. The van der Waals surface area contributed by atoms with E-state index in [4.69, 9.17) is 11.6 Å². The lowest BCUT2D eigenvalue weighted by molar-refractivity contribution is -0.858. The van der Waals surface area contributed by atoms with Gasteiger partial charge in [-0.15, -0.1) is 0 Å². The molecule has 4 heteroatoms. The zero-order valence-electron chi connectivity index (χ0n) is 13.6. The van der Waals surface area contributed by atoms with Gasteiger partial charge in [0.05, 0.1) is 20.6 Å². The van der Waals surface area contributed by atoms with Gasteiger partial charge < -0.3 is 4.90 Å². The van der Waals surface area contributed by atoms with Crippen LogP contribution < -0.4 is 4.90 Å². The maximum atomic E-state index is 6.23. The maximum absolute atomic E-state index is 6.23. The molecule has 3 rings (SSSR count). The van der Waals surface area contributed by atoms with Crippen LogP contribution in [0.3, 0.4) is 0 Å². The minimum atomic E-state index is 0.524. The van der Waals surface area contributed by atoms with Crippen molar-refractivity contribution in [2.75, 3.05) is 26.4 Å². The van der Waals surface area contributed by atoms with Crippen LogP contribution in [0.4, 0.5) is 0 Å². The Morgan fingerprint density at radius 1 is 1.17 bits per heavy atom. The number of halogens is 1. The summed E-state index contributed by atoms with van der Waals surface area (Å²) in [5.41, 5.74) is 2.86. The first-order valence-corrected chi connectivity index (χ1v) is 10.3. The Labute approximate surface area is 152 Å². The zero-order valence-corrected chi connectivity index (χ0v) is 16.0. The van der Waals surface area contributed by atoms with Crippen molar-refractivity contribution in [3.63, 3.8) is 0 Å². The molecule has 0 aromatic heterocycles. The molecule has 1 nitrogen and oxygen atoms in total. The second kappa shape index (κ2) is 7.98. The second-order valence-corrected chi connectivity index (χ2v) is 9.10. The van der Waals surface area contributed by atoms with Gasteiger partial charge >= 0.3 is 0 Å². The molecule has 0 radical (unpaired) electrons. The van der Waals surface area contributed by atoms with Crippen molar-refractivity contribution in [1.29, 1.82) is 0 Å². The predicted molar refractivity (Wildman–Crippen MR) is 103 cm³/mol. The molecule has 0 saturated heterocycles. The summed E-state index contributed by atoms with van der Waals surface area (Å²) in [5, 5.41) is 1.37. The summed E-state index contributed by atoms with van der Waals surface area (Å²) in [6, 6.07) is 15.2. The molecule has 0 fully saturated rings. The molecule has 23 heavy (non-hydrogen) atoms. The zero-order chi connectivity index (χ0) is 16.2. The van der Waals surface area contributed by atoms with Gasteiger partial charge in [-0.05, 0) is 47.6 Å². The van der Waals surface area contributed by atoms with E-state index in [0.717, 1.165) is 11.4 Å². The third kappa shape index (κ3) is 4.48. The summed E-state index contributed by atoms with van der Waals surface area (Å²) in [6.45, 7) is 1.23. The topological polar surface area (TPSA) is 4.44 Å². The Kier molecular flexibility index (Phi) is 5.97. The summed E-state index contributed by atoms with van der Waals surface area (Å²) in [5.74, 6) is 1.21. The van der Waals surface area contributed by atoms with Crippen molar-refractivity contribution in [3.05, 3.63) is 58.6 Å². The van der Waals surface area contributed by atoms with Crippen LogP contribution >= 0.6 is 35.1 Å². The van der Waals surface area contributed by atoms with Crippen LogP contribution in [0.25, 0.3) is 0 Å². The smallest absolute Gasteiger partial charge is 0.0774 e. The van der Waals surface area contributed by atoms with Crippen LogP contribution in [0.1, 0.15) is 22.8 Å². The Bertz CT molecular complexity index is 672. The minimum absolute atomic E-state index is 0.524. The van der Waals surface area contributed by atoms with Gasteiger partial charge in [-0.1, -0.05) is 41.6 Å². The van der Waals surface area contributed by atoms with Gasteiger partial charge in [0.1, 0.15) is 0 Å². The quantitative estimate of drug-likeness (QED) is 0.786. The fourth-order valence-corrected chi connectivity index (χ4v) is 5.54. The van der Waals surface area contributed by atoms with Crippen LogP contribution in [0, 0.1) is 0 Å². The standard InChI is InChI=1S/C19H22ClNS2/c1-21(2)10-5-11-22-19-13-14-12-15(20)8-9-17(14)23-18-7-4-3-6-16(18)19/h3-4,6-9,12,19H,5,10-11,13H2,1-2H3/p+1/t19-/m1/s1. The van der Waals surface area contributed by atoms with Crippen molar-refractivity contribution in [1.82, 2.24) is 0 Å². The SMILES string of the molecule is C[NH+](C)CCCS[C@@H]1Cc2cc(Cl)ccc2Sc2ccccc21. The lowest BCUT2D eigenvalue weighted by Crippen LogP contribution is -3.05. The van der Waals surface area contributed by atoms with Crippen LogP contribution in [0.15, 0.2) is 52.3 Å². The second-order valence-electron chi connectivity index (χ2n) is 6.27. The summed E-state index contributed by atoms with van der Waals surface area (Å²) in [4.78, 5) is 4.27.